The first-order valence-electron chi connectivity index (χ1n) is 21.9. The second kappa shape index (κ2) is 16.4. The Kier molecular flexibility index (Phi) is 10.2. The topological polar surface area (TPSA) is 81.2 Å². The molecule has 70 heavy (non-hydrogen) atoms. The zero-order valence-electron chi connectivity index (χ0n) is 36.4. The molecule has 11 heteroatoms. The van der Waals surface area contributed by atoms with Crippen molar-refractivity contribution in [3.8, 4) is 74.1 Å². The van der Waals surface area contributed by atoms with Gasteiger partial charge >= 0.3 is 12.4 Å². The van der Waals surface area contributed by atoms with Crippen LogP contribution in [0.15, 0.2) is 188 Å². The number of nitrogens with zero attached hydrogens (tertiary/aromatic N) is 5. The van der Waals surface area contributed by atoms with E-state index in [4.69, 9.17) is 0 Å². The Morgan fingerprint density at radius 1 is 0.329 bits per heavy atom. The molecule has 0 fully saturated rings. The first-order chi connectivity index (χ1) is 33.8. The van der Waals surface area contributed by atoms with Crippen LogP contribution in [0.4, 0.5) is 26.3 Å². The zero-order valence-corrected chi connectivity index (χ0v) is 36.4. The maximum Gasteiger partial charge on any atom is 0.417 e. The third kappa shape index (κ3) is 7.18. The van der Waals surface area contributed by atoms with Crippen LogP contribution in [0.5, 0.6) is 0 Å². The van der Waals surface area contributed by atoms with Crippen LogP contribution in [0, 0.1) is 34.0 Å². The monoisotopic (exact) mass is 923 g/mol. The molecule has 0 saturated heterocycles. The van der Waals surface area contributed by atoms with Gasteiger partial charge in [0, 0.05) is 38.2 Å². The summed E-state index contributed by atoms with van der Waals surface area (Å²) in [5.41, 5.74) is 4.92. The Balaban J connectivity index is 1.24. The zero-order chi connectivity index (χ0) is 48.5. The predicted octanol–water partition coefficient (Wildman–Crippen LogP) is 16.2. The summed E-state index contributed by atoms with van der Waals surface area (Å²) < 4.78 is 93.4. The Labute approximate surface area is 395 Å². The number of rotatable bonds is 6. The highest BCUT2D eigenvalue weighted by molar-refractivity contribution is 6.13. The Bertz CT molecular complexity index is 4060. The summed E-state index contributed by atoms with van der Waals surface area (Å²) in [6.45, 7) is 0. The van der Waals surface area contributed by atoms with E-state index in [0.29, 0.717) is 56.7 Å². The Morgan fingerprint density at radius 3 is 1.21 bits per heavy atom. The van der Waals surface area contributed by atoms with Crippen molar-refractivity contribution >= 4 is 43.6 Å². The molecule has 0 aliphatic rings. The maximum absolute atomic E-state index is 14.9. The first kappa shape index (κ1) is 43.2. The number of aromatic nitrogens is 2. The van der Waals surface area contributed by atoms with Crippen LogP contribution in [0.2, 0.25) is 0 Å². The predicted molar refractivity (Wildman–Crippen MR) is 261 cm³/mol. The fourth-order valence-corrected chi connectivity index (χ4v) is 9.81. The molecule has 9 aromatic carbocycles. The van der Waals surface area contributed by atoms with Gasteiger partial charge in [-0.2, -0.15) is 42.1 Å². The molecule has 5 nitrogen and oxygen atoms in total. The SMILES string of the molecule is N#Cc1cccc(-c2ccc3c(c2)c2ccccc2n3-c2cc(C#N)ccc2-c2ccc(-c3c(C(F)(F)F)cccc3C(F)(F)F)cc2-n2c3ccccc3c3cc(-c4cccc(C#N)c4)ccc32)c1. The lowest BCUT2D eigenvalue weighted by Crippen LogP contribution is -2.14. The minimum Gasteiger partial charge on any atom is -0.309 e. The highest BCUT2D eigenvalue weighted by Gasteiger charge is 2.41. The van der Waals surface area contributed by atoms with E-state index in [0.717, 1.165) is 60.9 Å². The summed E-state index contributed by atoms with van der Waals surface area (Å²) >= 11 is 0. The molecule has 0 radical (unpaired) electrons. The number of para-hydroxylation sites is 2. The van der Waals surface area contributed by atoms with Crippen molar-refractivity contribution in [2.24, 2.45) is 0 Å². The highest BCUT2D eigenvalue weighted by atomic mass is 19.4. The van der Waals surface area contributed by atoms with E-state index < -0.39 is 29.0 Å². The molecule has 0 N–H and O–H groups in total. The van der Waals surface area contributed by atoms with Crippen molar-refractivity contribution in [3.05, 3.63) is 216 Å². The van der Waals surface area contributed by atoms with Crippen LogP contribution in [0.25, 0.3) is 99.5 Å². The van der Waals surface area contributed by atoms with Crippen molar-refractivity contribution < 1.29 is 26.3 Å². The van der Waals surface area contributed by atoms with Gasteiger partial charge in [0.2, 0.25) is 0 Å². The van der Waals surface area contributed by atoms with E-state index in [2.05, 4.69) is 18.2 Å². The van der Waals surface area contributed by atoms with Crippen molar-refractivity contribution in [1.29, 1.82) is 15.8 Å². The lowest BCUT2D eigenvalue weighted by molar-refractivity contribution is -0.142. The van der Waals surface area contributed by atoms with Gasteiger partial charge in [0.05, 0.1) is 79.5 Å². The fourth-order valence-electron chi connectivity index (χ4n) is 9.81. The standard InChI is InChI=1S/C59H31F6N5/c60-58(61,62)49-14-7-15-50(59(63,64)65)57(49)42-19-23-46(56(31-42)70-52-17-4-2-13-44(52)48-30-41(21-25-54(48)70)39-11-6-9-36(27-39)33-67)45-22-18-37(34-68)28-55(45)69-51-16-3-1-12-43(51)47-29-40(20-24-53(47)69)38-10-5-8-35(26-38)32-66/h1-31H. The molecular weight excluding hydrogens is 893 g/mol. The minimum absolute atomic E-state index is 0.277. The molecule has 2 heterocycles. The van der Waals surface area contributed by atoms with Gasteiger partial charge in [0.25, 0.3) is 0 Å². The molecular formula is C59H31F6N5. The van der Waals surface area contributed by atoms with E-state index in [1.807, 2.05) is 118 Å². The summed E-state index contributed by atoms with van der Waals surface area (Å²) in [5.74, 6) is 0. The van der Waals surface area contributed by atoms with Crippen LogP contribution < -0.4 is 0 Å². The molecule has 11 rings (SSSR count). The van der Waals surface area contributed by atoms with Gasteiger partial charge in [-0.25, -0.2) is 0 Å². The quantitative estimate of drug-likeness (QED) is 0.156. The lowest BCUT2D eigenvalue weighted by Gasteiger charge is -2.22. The summed E-state index contributed by atoms with van der Waals surface area (Å²) in [7, 11) is 0. The van der Waals surface area contributed by atoms with Gasteiger partial charge in [0.1, 0.15) is 0 Å². The molecule has 334 valence electrons. The molecule has 0 bridgehead atoms. The molecule has 11 aromatic rings. The van der Waals surface area contributed by atoms with Gasteiger partial charge in [-0.1, -0.05) is 97.1 Å². The van der Waals surface area contributed by atoms with Crippen LogP contribution in [0.1, 0.15) is 27.8 Å². The van der Waals surface area contributed by atoms with Crippen molar-refractivity contribution in [1.82, 2.24) is 9.13 Å². The Morgan fingerprint density at radius 2 is 0.729 bits per heavy atom. The van der Waals surface area contributed by atoms with E-state index in [1.54, 1.807) is 48.5 Å². The van der Waals surface area contributed by atoms with E-state index in [9.17, 15) is 42.1 Å². The van der Waals surface area contributed by atoms with E-state index in [1.165, 1.54) is 12.1 Å². The van der Waals surface area contributed by atoms with Crippen LogP contribution in [-0.2, 0) is 12.4 Å². The van der Waals surface area contributed by atoms with E-state index >= 15 is 0 Å². The molecule has 0 unspecified atom stereocenters. The number of halogens is 6. The van der Waals surface area contributed by atoms with Crippen molar-refractivity contribution in [3.63, 3.8) is 0 Å². The normalized spacial score (nSPS) is 11.8. The van der Waals surface area contributed by atoms with Gasteiger partial charge < -0.3 is 9.13 Å². The summed E-state index contributed by atoms with van der Waals surface area (Å²) in [6, 6.07) is 59.3. The number of benzene rings is 9. The first-order valence-corrected chi connectivity index (χ1v) is 21.9. The van der Waals surface area contributed by atoms with Gasteiger partial charge in [-0.3, -0.25) is 0 Å². The second-order valence-electron chi connectivity index (χ2n) is 16.9. The number of hydrogen-bond acceptors (Lipinski definition) is 3. The van der Waals surface area contributed by atoms with Gasteiger partial charge in [-0.05, 0) is 119 Å². The van der Waals surface area contributed by atoms with Crippen molar-refractivity contribution in [2.75, 3.05) is 0 Å². The molecule has 0 spiro atoms. The van der Waals surface area contributed by atoms with Gasteiger partial charge in [-0.15, -0.1) is 0 Å². The van der Waals surface area contributed by atoms with E-state index in [-0.39, 0.29) is 11.3 Å². The third-order valence-corrected chi connectivity index (χ3v) is 12.9. The summed E-state index contributed by atoms with van der Waals surface area (Å²) in [4.78, 5) is 0. The second-order valence-corrected chi connectivity index (χ2v) is 16.9. The largest absolute Gasteiger partial charge is 0.417 e. The molecule has 0 saturated carbocycles. The highest BCUT2D eigenvalue weighted by Crippen LogP contribution is 2.48. The molecule has 2 aromatic heterocycles. The molecule has 0 amide bonds. The average Bonchev–Trinajstić information content (AvgIpc) is 3.89. The van der Waals surface area contributed by atoms with Crippen LogP contribution in [0.3, 0.4) is 0 Å². The van der Waals surface area contributed by atoms with Crippen LogP contribution >= 0.6 is 0 Å². The number of hydrogen-bond donors (Lipinski definition) is 0. The molecule has 0 aliphatic carbocycles. The lowest BCUT2D eigenvalue weighted by atomic mass is 9.90. The fraction of sp³-hybridized carbons (Fsp3) is 0.0339. The summed E-state index contributed by atoms with van der Waals surface area (Å²) in [5, 5.41) is 33.0. The number of alkyl halides is 6. The van der Waals surface area contributed by atoms with Crippen molar-refractivity contribution in [2.45, 2.75) is 12.4 Å². The maximum atomic E-state index is 14.9. The smallest absolute Gasteiger partial charge is 0.309 e. The summed E-state index contributed by atoms with van der Waals surface area (Å²) in [6.07, 6.45) is -10.3. The number of nitriles is 3. The third-order valence-electron chi connectivity index (χ3n) is 12.9. The number of fused-ring (bicyclic) bond motifs is 6. The molecule has 0 aliphatic heterocycles. The van der Waals surface area contributed by atoms with Gasteiger partial charge in [0.15, 0.2) is 0 Å². The minimum atomic E-state index is -5.14. The average molecular weight is 924 g/mol. The molecule has 0 atom stereocenters. The van der Waals surface area contributed by atoms with Crippen LogP contribution in [-0.4, -0.2) is 9.13 Å². The Hall–Kier alpha value is -9.37.